The minimum Gasteiger partial charge on any atom is -0.487 e. The van der Waals surface area contributed by atoms with Crippen LogP contribution in [0.1, 0.15) is 18.2 Å². The molecule has 0 atom stereocenters. The largest absolute Gasteiger partial charge is 0.487 e. The van der Waals surface area contributed by atoms with Gasteiger partial charge in [-0.05, 0) is 43.7 Å². The molecule has 0 spiro atoms. The number of benzene rings is 1. The Bertz CT molecular complexity index is 558. The molecule has 0 aliphatic carbocycles. The Kier molecular flexibility index (Phi) is 4.80. The van der Waals surface area contributed by atoms with Gasteiger partial charge < -0.3 is 10.1 Å². The van der Waals surface area contributed by atoms with E-state index in [1.165, 1.54) is 0 Å². The molecule has 1 aromatic carbocycles. The second kappa shape index (κ2) is 6.57. The van der Waals surface area contributed by atoms with Crippen LogP contribution in [0.4, 0.5) is 5.69 Å². The number of anilines is 1. The van der Waals surface area contributed by atoms with E-state index in [4.69, 9.17) is 4.74 Å². The van der Waals surface area contributed by atoms with Gasteiger partial charge in [-0.25, -0.2) is 0 Å². The van der Waals surface area contributed by atoms with Crippen molar-refractivity contribution >= 4 is 21.6 Å². The van der Waals surface area contributed by atoms with Crippen LogP contribution < -0.4 is 10.1 Å². The molecule has 2 aromatic rings. The van der Waals surface area contributed by atoms with Crippen molar-refractivity contribution in [3.05, 3.63) is 52.3 Å². The third-order valence-electron chi connectivity index (χ3n) is 2.72. The summed E-state index contributed by atoms with van der Waals surface area (Å²) in [6.45, 7) is 5.47. The SMILES string of the molecule is CCNc1ccnc(COc2cc(Br)ccc2C)c1. The fraction of sp³-hybridized carbons (Fsp3) is 0.267. The number of ether oxygens (including phenoxy) is 1. The average Bonchev–Trinajstić information content (AvgIpc) is 2.41. The number of hydrogen-bond donors (Lipinski definition) is 1. The molecule has 0 radical (unpaired) electrons. The maximum absolute atomic E-state index is 5.82. The van der Waals surface area contributed by atoms with Crippen LogP contribution in [-0.2, 0) is 6.61 Å². The summed E-state index contributed by atoms with van der Waals surface area (Å²) < 4.78 is 6.83. The van der Waals surface area contributed by atoms with E-state index in [1.807, 2.05) is 37.3 Å². The molecule has 100 valence electrons. The number of nitrogens with one attached hydrogen (secondary N) is 1. The standard InChI is InChI=1S/C15H17BrN2O/c1-3-17-13-6-7-18-14(9-13)10-19-15-8-12(16)5-4-11(15)2/h4-9H,3,10H2,1-2H3,(H,17,18). The van der Waals surface area contributed by atoms with E-state index in [1.54, 1.807) is 6.20 Å². The third-order valence-corrected chi connectivity index (χ3v) is 3.22. The fourth-order valence-corrected chi connectivity index (χ4v) is 2.09. The molecule has 1 heterocycles. The first-order chi connectivity index (χ1) is 9.19. The van der Waals surface area contributed by atoms with Crippen LogP contribution in [0.3, 0.4) is 0 Å². The maximum atomic E-state index is 5.82. The molecule has 3 nitrogen and oxygen atoms in total. The lowest BCUT2D eigenvalue weighted by Gasteiger charge is -2.10. The number of aromatic nitrogens is 1. The van der Waals surface area contributed by atoms with E-state index in [2.05, 4.69) is 33.2 Å². The van der Waals surface area contributed by atoms with E-state index >= 15 is 0 Å². The molecule has 0 unspecified atom stereocenters. The molecular weight excluding hydrogens is 304 g/mol. The first-order valence-corrected chi connectivity index (χ1v) is 7.06. The van der Waals surface area contributed by atoms with Crippen LogP contribution in [0.15, 0.2) is 41.0 Å². The number of aryl methyl sites for hydroxylation is 1. The van der Waals surface area contributed by atoms with Crippen molar-refractivity contribution in [1.29, 1.82) is 0 Å². The van der Waals surface area contributed by atoms with Gasteiger partial charge in [0.25, 0.3) is 0 Å². The highest BCUT2D eigenvalue weighted by molar-refractivity contribution is 9.10. The Morgan fingerprint density at radius 2 is 2.11 bits per heavy atom. The number of rotatable bonds is 5. The number of nitrogens with zero attached hydrogens (tertiary/aromatic N) is 1. The van der Waals surface area contributed by atoms with Crippen LogP contribution >= 0.6 is 15.9 Å². The predicted octanol–water partition coefficient (Wildman–Crippen LogP) is 4.16. The van der Waals surface area contributed by atoms with Gasteiger partial charge >= 0.3 is 0 Å². The van der Waals surface area contributed by atoms with Gasteiger partial charge in [-0.2, -0.15) is 0 Å². The number of halogens is 1. The summed E-state index contributed by atoms with van der Waals surface area (Å²) in [5.41, 5.74) is 3.10. The molecule has 2 rings (SSSR count). The highest BCUT2D eigenvalue weighted by atomic mass is 79.9. The fourth-order valence-electron chi connectivity index (χ4n) is 1.75. The van der Waals surface area contributed by atoms with Crippen molar-refractivity contribution in [2.45, 2.75) is 20.5 Å². The topological polar surface area (TPSA) is 34.2 Å². The summed E-state index contributed by atoms with van der Waals surface area (Å²) in [4.78, 5) is 4.31. The molecule has 19 heavy (non-hydrogen) atoms. The Morgan fingerprint density at radius 3 is 2.89 bits per heavy atom. The molecule has 4 heteroatoms. The molecule has 0 aliphatic rings. The van der Waals surface area contributed by atoms with Gasteiger partial charge in [0.2, 0.25) is 0 Å². The Labute approximate surface area is 122 Å². The van der Waals surface area contributed by atoms with E-state index in [0.29, 0.717) is 6.61 Å². The number of pyridine rings is 1. The average molecular weight is 321 g/mol. The van der Waals surface area contributed by atoms with E-state index < -0.39 is 0 Å². The second-order valence-electron chi connectivity index (χ2n) is 4.26. The zero-order chi connectivity index (χ0) is 13.7. The smallest absolute Gasteiger partial charge is 0.130 e. The quantitative estimate of drug-likeness (QED) is 0.898. The lowest BCUT2D eigenvalue weighted by atomic mass is 10.2. The molecule has 1 N–H and O–H groups in total. The van der Waals surface area contributed by atoms with Gasteiger partial charge in [0.15, 0.2) is 0 Å². The summed E-state index contributed by atoms with van der Waals surface area (Å²) >= 11 is 3.45. The number of hydrogen-bond acceptors (Lipinski definition) is 3. The van der Waals surface area contributed by atoms with Gasteiger partial charge in [-0.15, -0.1) is 0 Å². The maximum Gasteiger partial charge on any atom is 0.130 e. The Morgan fingerprint density at radius 1 is 1.26 bits per heavy atom. The molecule has 0 bridgehead atoms. The van der Waals surface area contributed by atoms with Crippen molar-refractivity contribution in [2.24, 2.45) is 0 Å². The van der Waals surface area contributed by atoms with Gasteiger partial charge in [0.05, 0.1) is 5.69 Å². The third kappa shape index (κ3) is 3.96. The Balaban J connectivity index is 2.05. The van der Waals surface area contributed by atoms with Crippen LogP contribution in [0.5, 0.6) is 5.75 Å². The molecule has 0 saturated carbocycles. The lowest BCUT2D eigenvalue weighted by Crippen LogP contribution is -2.02. The van der Waals surface area contributed by atoms with E-state index in [9.17, 15) is 0 Å². The summed E-state index contributed by atoms with van der Waals surface area (Å²) in [5.74, 6) is 0.880. The summed E-state index contributed by atoms with van der Waals surface area (Å²) in [6, 6.07) is 9.98. The van der Waals surface area contributed by atoms with Crippen LogP contribution in [0, 0.1) is 6.92 Å². The highest BCUT2D eigenvalue weighted by Gasteiger charge is 2.02. The zero-order valence-electron chi connectivity index (χ0n) is 11.1. The molecule has 0 saturated heterocycles. The summed E-state index contributed by atoms with van der Waals surface area (Å²) in [7, 11) is 0. The minimum atomic E-state index is 0.469. The van der Waals surface area contributed by atoms with Gasteiger partial charge in [0, 0.05) is 22.9 Å². The van der Waals surface area contributed by atoms with Gasteiger partial charge in [-0.3, -0.25) is 4.98 Å². The normalized spacial score (nSPS) is 10.3. The van der Waals surface area contributed by atoms with Gasteiger partial charge in [0.1, 0.15) is 12.4 Å². The van der Waals surface area contributed by atoms with Crippen molar-refractivity contribution in [2.75, 3.05) is 11.9 Å². The van der Waals surface area contributed by atoms with Crippen LogP contribution in [-0.4, -0.2) is 11.5 Å². The molecular formula is C15H17BrN2O. The van der Waals surface area contributed by atoms with Crippen molar-refractivity contribution < 1.29 is 4.74 Å². The Hall–Kier alpha value is -1.55. The van der Waals surface area contributed by atoms with Crippen molar-refractivity contribution in [3.8, 4) is 5.75 Å². The van der Waals surface area contributed by atoms with Crippen molar-refractivity contribution in [1.82, 2.24) is 4.98 Å². The van der Waals surface area contributed by atoms with Gasteiger partial charge in [-0.1, -0.05) is 22.0 Å². The van der Waals surface area contributed by atoms with Crippen LogP contribution in [0.25, 0.3) is 0 Å². The molecule has 0 fully saturated rings. The first kappa shape index (κ1) is 13.9. The van der Waals surface area contributed by atoms with Crippen molar-refractivity contribution in [3.63, 3.8) is 0 Å². The second-order valence-corrected chi connectivity index (χ2v) is 5.18. The minimum absolute atomic E-state index is 0.469. The molecule has 0 aliphatic heterocycles. The monoisotopic (exact) mass is 320 g/mol. The van der Waals surface area contributed by atoms with Crippen LogP contribution in [0.2, 0.25) is 0 Å². The van der Waals surface area contributed by atoms with E-state index in [-0.39, 0.29) is 0 Å². The molecule has 1 aromatic heterocycles. The summed E-state index contributed by atoms with van der Waals surface area (Å²) in [5, 5.41) is 3.26. The predicted molar refractivity (Wildman–Crippen MR) is 81.6 cm³/mol. The zero-order valence-corrected chi connectivity index (χ0v) is 12.7. The first-order valence-electron chi connectivity index (χ1n) is 6.27. The summed E-state index contributed by atoms with van der Waals surface area (Å²) in [6.07, 6.45) is 1.80. The van der Waals surface area contributed by atoms with E-state index in [0.717, 1.165) is 33.7 Å². The highest BCUT2D eigenvalue weighted by Crippen LogP contribution is 2.23. The lowest BCUT2D eigenvalue weighted by molar-refractivity contribution is 0.299. The molecule has 0 amide bonds.